The molecule has 0 amide bonds. The molecule has 1 nitrogen and oxygen atoms in total. The average Bonchev–Trinajstić information content (AvgIpc) is 2.24. The van der Waals surface area contributed by atoms with Crippen LogP contribution in [0.1, 0.15) is 87.5 Å². The van der Waals surface area contributed by atoms with Gasteiger partial charge in [0.2, 0.25) is 0 Å². The van der Waals surface area contributed by atoms with E-state index < -0.39 is 0 Å². The van der Waals surface area contributed by atoms with Gasteiger partial charge in [0.15, 0.2) is 0 Å². The first-order chi connectivity index (χ1) is 8.97. The molecule has 0 bridgehead atoms. The van der Waals surface area contributed by atoms with E-state index in [1.165, 1.54) is 25.7 Å². The van der Waals surface area contributed by atoms with Crippen molar-refractivity contribution in [3.05, 3.63) is 11.6 Å². The molecule has 0 fully saturated rings. The van der Waals surface area contributed by atoms with Crippen molar-refractivity contribution in [2.45, 2.75) is 93.5 Å². The van der Waals surface area contributed by atoms with Gasteiger partial charge in [-0.3, -0.25) is 0 Å². The first kappa shape index (κ1) is 19.7. The van der Waals surface area contributed by atoms with E-state index in [0.29, 0.717) is 17.4 Å². The Morgan fingerprint density at radius 3 is 1.95 bits per heavy atom. The van der Waals surface area contributed by atoms with Crippen molar-refractivity contribution in [3.8, 4) is 0 Å². The second-order valence-corrected chi connectivity index (χ2v) is 8.69. The molecule has 0 rings (SSSR count). The minimum Gasteiger partial charge on any atom is -0.328 e. The third-order valence-electron chi connectivity index (χ3n) is 4.29. The largest absolute Gasteiger partial charge is 0.328 e. The summed E-state index contributed by atoms with van der Waals surface area (Å²) in [5.74, 6) is 0.625. The molecule has 0 aromatic rings. The lowest BCUT2D eigenvalue weighted by Crippen LogP contribution is -2.28. The van der Waals surface area contributed by atoms with Gasteiger partial charge in [0, 0.05) is 6.04 Å². The molecule has 2 atom stereocenters. The van der Waals surface area contributed by atoms with Crippen molar-refractivity contribution in [1.82, 2.24) is 0 Å². The van der Waals surface area contributed by atoms with Crippen molar-refractivity contribution in [2.75, 3.05) is 0 Å². The van der Waals surface area contributed by atoms with Gasteiger partial charge in [-0.05, 0) is 49.9 Å². The highest BCUT2D eigenvalue weighted by Gasteiger charge is 2.22. The van der Waals surface area contributed by atoms with E-state index in [0.717, 1.165) is 6.42 Å². The Balaban J connectivity index is 4.38. The Bertz CT molecular complexity index is 286. The fourth-order valence-corrected chi connectivity index (χ4v) is 2.75. The SMILES string of the molecule is C/C=C(\CC(CCCCC(C)(C)C)C(C)N)C(C)(C)C. The normalized spacial score (nSPS) is 17.1. The summed E-state index contributed by atoms with van der Waals surface area (Å²) < 4.78 is 0. The second kappa shape index (κ2) is 8.22. The average molecular weight is 282 g/mol. The Labute approximate surface area is 128 Å². The standard InChI is InChI=1S/C19H39N/c1-9-17(19(6,7)8)14-16(15(2)20)12-10-11-13-18(3,4)5/h9,15-16H,10-14,20H2,1-8H3/b17-9+. The molecule has 1 heteroatoms. The highest BCUT2D eigenvalue weighted by Crippen LogP contribution is 2.33. The van der Waals surface area contributed by atoms with Crippen LogP contribution in [0.4, 0.5) is 0 Å². The minimum atomic E-state index is 0.271. The number of hydrogen-bond donors (Lipinski definition) is 1. The van der Waals surface area contributed by atoms with Crippen LogP contribution in [0.5, 0.6) is 0 Å². The molecular formula is C19H39N. The highest BCUT2D eigenvalue weighted by molar-refractivity contribution is 5.11. The maximum Gasteiger partial charge on any atom is 0.00418 e. The lowest BCUT2D eigenvalue weighted by Gasteiger charge is -2.29. The van der Waals surface area contributed by atoms with Crippen LogP contribution < -0.4 is 5.73 Å². The van der Waals surface area contributed by atoms with E-state index in [1.807, 2.05) is 0 Å². The maximum absolute atomic E-state index is 6.22. The van der Waals surface area contributed by atoms with Gasteiger partial charge in [-0.1, -0.05) is 66.0 Å². The van der Waals surface area contributed by atoms with Crippen LogP contribution in [0, 0.1) is 16.7 Å². The molecular weight excluding hydrogens is 242 g/mol. The summed E-state index contributed by atoms with van der Waals surface area (Å²) in [6.45, 7) is 18.2. The van der Waals surface area contributed by atoms with E-state index in [-0.39, 0.29) is 5.41 Å². The second-order valence-electron chi connectivity index (χ2n) is 8.69. The van der Waals surface area contributed by atoms with Crippen LogP contribution >= 0.6 is 0 Å². The molecule has 0 radical (unpaired) electrons. The van der Waals surface area contributed by atoms with Crippen molar-refractivity contribution in [3.63, 3.8) is 0 Å². The van der Waals surface area contributed by atoms with Crippen LogP contribution in [0.3, 0.4) is 0 Å². The molecule has 2 N–H and O–H groups in total. The van der Waals surface area contributed by atoms with Crippen molar-refractivity contribution in [1.29, 1.82) is 0 Å². The zero-order valence-electron chi connectivity index (χ0n) is 15.3. The lowest BCUT2D eigenvalue weighted by atomic mass is 9.78. The predicted molar refractivity (Wildman–Crippen MR) is 92.9 cm³/mol. The summed E-state index contributed by atoms with van der Waals surface area (Å²) >= 11 is 0. The molecule has 0 spiro atoms. The molecule has 0 saturated heterocycles. The summed E-state index contributed by atoms with van der Waals surface area (Å²) in [6.07, 6.45) is 8.67. The third kappa shape index (κ3) is 8.79. The van der Waals surface area contributed by atoms with Crippen molar-refractivity contribution < 1.29 is 0 Å². The Morgan fingerprint density at radius 2 is 1.60 bits per heavy atom. The smallest absolute Gasteiger partial charge is 0.00418 e. The van der Waals surface area contributed by atoms with E-state index in [2.05, 4.69) is 61.5 Å². The Morgan fingerprint density at radius 1 is 1.05 bits per heavy atom. The zero-order valence-corrected chi connectivity index (χ0v) is 15.3. The van der Waals surface area contributed by atoms with Gasteiger partial charge in [0.05, 0.1) is 0 Å². The highest BCUT2D eigenvalue weighted by atomic mass is 14.6. The molecule has 0 aliphatic rings. The molecule has 0 saturated carbocycles. The number of unbranched alkanes of at least 4 members (excludes halogenated alkanes) is 1. The summed E-state index contributed by atoms with van der Waals surface area (Å²) in [5.41, 5.74) is 8.51. The van der Waals surface area contributed by atoms with E-state index >= 15 is 0 Å². The monoisotopic (exact) mass is 281 g/mol. The van der Waals surface area contributed by atoms with Gasteiger partial charge < -0.3 is 5.73 Å². The summed E-state index contributed by atoms with van der Waals surface area (Å²) in [5, 5.41) is 0. The molecule has 120 valence electrons. The van der Waals surface area contributed by atoms with Gasteiger partial charge in [0.1, 0.15) is 0 Å². The third-order valence-corrected chi connectivity index (χ3v) is 4.29. The zero-order chi connectivity index (χ0) is 16.0. The molecule has 2 unspecified atom stereocenters. The topological polar surface area (TPSA) is 26.0 Å². The lowest BCUT2D eigenvalue weighted by molar-refractivity contribution is 0.325. The first-order valence-corrected chi connectivity index (χ1v) is 8.38. The molecule has 0 aromatic heterocycles. The summed E-state index contributed by atoms with van der Waals surface area (Å²) in [4.78, 5) is 0. The maximum atomic E-state index is 6.22. The molecule has 20 heavy (non-hydrogen) atoms. The van der Waals surface area contributed by atoms with Gasteiger partial charge >= 0.3 is 0 Å². The predicted octanol–water partition coefficient (Wildman–Crippen LogP) is 5.94. The summed E-state index contributed by atoms with van der Waals surface area (Å²) in [6, 6.07) is 0.293. The molecule has 0 aromatic carbocycles. The van der Waals surface area contributed by atoms with E-state index in [4.69, 9.17) is 5.73 Å². The van der Waals surface area contributed by atoms with Crippen LogP contribution in [-0.4, -0.2) is 6.04 Å². The van der Waals surface area contributed by atoms with Crippen LogP contribution in [-0.2, 0) is 0 Å². The van der Waals surface area contributed by atoms with Crippen molar-refractivity contribution in [2.24, 2.45) is 22.5 Å². The number of hydrogen-bond acceptors (Lipinski definition) is 1. The Hall–Kier alpha value is -0.300. The van der Waals surface area contributed by atoms with Gasteiger partial charge in [0.25, 0.3) is 0 Å². The molecule has 0 aliphatic heterocycles. The molecule has 0 aliphatic carbocycles. The minimum absolute atomic E-state index is 0.271. The fraction of sp³-hybridized carbons (Fsp3) is 0.895. The van der Waals surface area contributed by atoms with Gasteiger partial charge in [-0.2, -0.15) is 0 Å². The van der Waals surface area contributed by atoms with Crippen LogP contribution in [0.25, 0.3) is 0 Å². The van der Waals surface area contributed by atoms with E-state index in [1.54, 1.807) is 5.57 Å². The fourth-order valence-electron chi connectivity index (χ4n) is 2.75. The number of allylic oxidation sites excluding steroid dienone is 2. The molecule has 0 heterocycles. The van der Waals surface area contributed by atoms with Crippen LogP contribution in [0.2, 0.25) is 0 Å². The Kier molecular flexibility index (Phi) is 8.09. The van der Waals surface area contributed by atoms with Gasteiger partial charge in [-0.25, -0.2) is 0 Å². The van der Waals surface area contributed by atoms with Crippen LogP contribution in [0.15, 0.2) is 11.6 Å². The quantitative estimate of drug-likeness (QED) is 0.453. The number of nitrogens with two attached hydrogens (primary N) is 1. The summed E-state index contributed by atoms with van der Waals surface area (Å²) in [7, 11) is 0. The first-order valence-electron chi connectivity index (χ1n) is 8.38. The van der Waals surface area contributed by atoms with Crippen molar-refractivity contribution >= 4 is 0 Å². The number of rotatable bonds is 7. The van der Waals surface area contributed by atoms with Gasteiger partial charge in [-0.15, -0.1) is 0 Å². The van der Waals surface area contributed by atoms with E-state index in [9.17, 15) is 0 Å².